The van der Waals surface area contributed by atoms with Gasteiger partial charge in [-0.3, -0.25) is 18.9 Å². The average molecular weight is 536 g/mol. The van der Waals surface area contributed by atoms with Crippen LogP contribution in [0.15, 0.2) is 34.5 Å². The Labute approximate surface area is 185 Å². The number of aromatic nitrogens is 2. The van der Waals surface area contributed by atoms with E-state index < -0.39 is 64.7 Å². The molecule has 1 saturated heterocycles. The van der Waals surface area contributed by atoms with Crippen molar-refractivity contribution in [3.63, 3.8) is 0 Å². The number of phosphoric acid groups is 3. The highest BCUT2D eigenvalue weighted by Crippen LogP contribution is 2.67. The molecule has 0 saturated carbocycles. The molecule has 19 heteroatoms. The molecular weight excluding hydrogens is 513 g/mol. The first-order chi connectivity index (χ1) is 14.9. The van der Waals surface area contributed by atoms with Gasteiger partial charge in [0.1, 0.15) is 18.4 Å². The second kappa shape index (κ2) is 9.78. The summed E-state index contributed by atoms with van der Waals surface area (Å²) in [5.41, 5.74) is -2.81. The molecule has 1 aromatic heterocycles. The summed E-state index contributed by atoms with van der Waals surface area (Å²) in [6.45, 7) is 6.42. The van der Waals surface area contributed by atoms with Crippen LogP contribution in [0.3, 0.4) is 0 Å². The van der Waals surface area contributed by atoms with Gasteiger partial charge in [0.15, 0.2) is 0 Å². The van der Waals surface area contributed by atoms with Crippen LogP contribution in [-0.4, -0.2) is 52.5 Å². The zero-order chi connectivity index (χ0) is 25.4. The van der Waals surface area contributed by atoms with Crippen molar-refractivity contribution >= 4 is 23.5 Å². The standard InChI is InChI=1S/C14H23N2O14P3/c1-4-14(2,3)12(28-32(23,24)30-33(25,26)29-31(20,21)22)11-8(17)7-10(27-11)16-6-5-9(18)15-13(16)19/h4-6,8,10-12,17H,1,7H2,2-3H3,(H,23,24)(H,25,26)(H,15,18,19)(H2,20,21,22)/t8-,10+,11-,12?/m0/s1. The fourth-order valence-electron chi connectivity index (χ4n) is 2.95. The van der Waals surface area contributed by atoms with Gasteiger partial charge in [-0.25, -0.2) is 18.5 Å². The van der Waals surface area contributed by atoms with Crippen molar-refractivity contribution in [1.82, 2.24) is 9.55 Å². The molecule has 1 aromatic rings. The molecule has 6 atom stereocenters. The van der Waals surface area contributed by atoms with Crippen LogP contribution in [0.25, 0.3) is 0 Å². The molecule has 0 aromatic carbocycles. The highest BCUT2D eigenvalue weighted by Gasteiger charge is 2.50. The molecule has 6 N–H and O–H groups in total. The quantitative estimate of drug-likeness (QED) is 0.172. The molecule has 1 fully saturated rings. The van der Waals surface area contributed by atoms with Crippen LogP contribution in [0.5, 0.6) is 0 Å². The summed E-state index contributed by atoms with van der Waals surface area (Å²) in [4.78, 5) is 61.9. The Morgan fingerprint density at radius 1 is 1.21 bits per heavy atom. The van der Waals surface area contributed by atoms with Crippen LogP contribution in [0.1, 0.15) is 26.5 Å². The molecule has 1 aliphatic heterocycles. The van der Waals surface area contributed by atoms with E-state index in [4.69, 9.17) is 19.0 Å². The number of phosphoric ester groups is 1. The van der Waals surface area contributed by atoms with E-state index in [-0.39, 0.29) is 6.42 Å². The molecule has 0 bridgehead atoms. The largest absolute Gasteiger partial charge is 0.490 e. The number of aliphatic hydroxyl groups excluding tert-OH is 1. The lowest BCUT2D eigenvalue weighted by Crippen LogP contribution is -2.45. The molecule has 0 amide bonds. The molecule has 0 radical (unpaired) electrons. The summed E-state index contributed by atoms with van der Waals surface area (Å²) in [7, 11) is -17.0. The fourth-order valence-corrected chi connectivity index (χ4v) is 6.29. The second-order valence-electron chi connectivity index (χ2n) is 7.52. The van der Waals surface area contributed by atoms with Crippen LogP contribution >= 0.6 is 23.5 Å². The monoisotopic (exact) mass is 536 g/mol. The third-order valence-electron chi connectivity index (χ3n) is 4.52. The molecule has 0 aliphatic carbocycles. The molecule has 2 rings (SSSR count). The number of hydrogen-bond donors (Lipinski definition) is 6. The SMILES string of the molecule is C=CC(C)(C)C(OP(=O)(O)OP(=O)(O)OP(=O)(O)O)[C@H]1O[C@@H](n2ccc(=O)[nH]c2=O)C[C@@H]1O. The zero-order valence-electron chi connectivity index (χ0n) is 17.2. The summed E-state index contributed by atoms with van der Waals surface area (Å²) in [6, 6.07) is 1.03. The van der Waals surface area contributed by atoms with Crippen LogP contribution < -0.4 is 11.2 Å². The molecule has 16 nitrogen and oxygen atoms in total. The first-order valence-electron chi connectivity index (χ1n) is 8.96. The zero-order valence-corrected chi connectivity index (χ0v) is 19.8. The molecule has 3 unspecified atom stereocenters. The Morgan fingerprint density at radius 3 is 2.33 bits per heavy atom. The maximum atomic E-state index is 12.4. The normalized spacial score (nSPS) is 26.3. The van der Waals surface area contributed by atoms with Crippen molar-refractivity contribution in [3.8, 4) is 0 Å². The smallest absolute Gasteiger partial charge is 0.390 e. The molecule has 33 heavy (non-hydrogen) atoms. The van der Waals surface area contributed by atoms with Crippen LogP contribution in [0.2, 0.25) is 0 Å². The predicted molar refractivity (Wildman–Crippen MR) is 109 cm³/mol. The number of aromatic amines is 1. The van der Waals surface area contributed by atoms with Crippen molar-refractivity contribution in [1.29, 1.82) is 0 Å². The van der Waals surface area contributed by atoms with Crippen molar-refractivity contribution in [2.24, 2.45) is 5.41 Å². The van der Waals surface area contributed by atoms with Gasteiger partial charge in [0, 0.05) is 24.1 Å². The molecule has 0 spiro atoms. The van der Waals surface area contributed by atoms with E-state index in [1.807, 2.05) is 4.98 Å². The summed E-state index contributed by atoms with van der Waals surface area (Å²) >= 11 is 0. The van der Waals surface area contributed by atoms with Crippen molar-refractivity contribution in [2.45, 2.75) is 44.8 Å². The second-order valence-corrected chi connectivity index (χ2v) is 11.9. The van der Waals surface area contributed by atoms with Gasteiger partial charge in [0.05, 0.1) is 6.10 Å². The Bertz CT molecular complexity index is 1140. The first kappa shape index (κ1) is 28.0. The van der Waals surface area contributed by atoms with Crippen LogP contribution in [0, 0.1) is 5.41 Å². The third kappa shape index (κ3) is 7.62. The van der Waals surface area contributed by atoms with Crippen molar-refractivity contribution in [2.75, 3.05) is 0 Å². The molecule has 2 heterocycles. The maximum Gasteiger partial charge on any atom is 0.490 e. The van der Waals surface area contributed by atoms with Crippen molar-refractivity contribution < 1.29 is 56.3 Å². The predicted octanol–water partition coefficient (Wildman–Crippen LogP) is 0.109. The van der Waals surface area contributed by atoms with E-state index in [2.05, 4.69) is 15.2 Å². The number of hydrogen-bond acceptors (Lipinski definition) is 10. The van der Waals surface area contributed by atoms with Gasteiger partial charge in [0.25, 0.3) is 5.56 Å². The third-order valence-corrected chi connectivity index (χ3v) is 8.34. The highest BCUT2D eigenvalue weighted by atomic mass is 31.3. The van der Waals surface area contributed by atoms with E-state index in [0.29, 0.717) is 0 Å². The van der Waals surface area contributed by atoms with Gasteiger partial charge >= 0.3 is 29.2 Å². The Morgan fingerprint density at radius 2 is 1.82 bits per heavy atom. The van der Waals surface area contributed by atoms with Gasteiger partial charge in [0.2, 0.25) is 0 Å². The van der Waals surface area contributed by atoms with E-state index in [0.717, 1.165) is 16.8 Å². The number of rotatable bonds is 10. The molecule has 1 aliphatic rings. The first-order valence-corrected chi connectivity index (χ1v) is 13.5. The van der Waals surface area contributed by atoms with Gasteiger partial charge in [-0.05, 0) is 0 Å². The number of nitrogens with zero attached hydrogens (tertiary/aromatic N) is 1. The molecule has 188 valence electrons. The van der Waals surface area contributed by atoms with E-state index in [9.17, 15) is 38.2 Å². The summed E-state index contributed by atoms with van der Waals surface area (Å²) in [6.07, 6.45) is -3.46. The minimum absolute atomic E-state index is 0.222. The van der Waals surface area contributed by atoms with Crippen LogP contribution in [-0.2, 0) is 31.6 Å². The Balaban J connectivity index is 2.33. The lowest BCUT2D eigenvalue weighted by atomic mass is 9.82. The maximum absolute atomic E-state index is 12.4. The van der Waals surface area contributed by atoms with Gasteiger partial charge in [-0.15, -0.1) is 6.58 Å². The topological polar surface area (TPSA) is 244 Å². The minimum Gasteiger partial charge on any atom is -0.390 e. The van der Waals surface area contributed by atoms with E-state index in [1.54, 1.807) is 0 Å². The van der Waals surface area contributed by atoms with Gasteiger partial charge < -0.3 is 29.4 Å². The summed E-state index contributed by atoms with van der Waals surface area (Å²) in [5, 5.41) is 10.5. The average Bonchev–Trinajstić information content (AvgIpc) is 2.97. The van der Waals surface area contributed by atoms with E-state index >= 15 is 0 Å². The Kier molecular flexibility index (Phi) is 8.30. The summed E-state index contributed by atoms with van der Waals surface area (Å²) < 4.78 is 53.8. The Hall–Kier alpha value is -1.25. The lowest BCUT2D eigenvalue weighted by Gasteiger charge is -2.36. The lowest BCUT2D eigenvalue weighted by molar-refractivity contribution is -0.106. The number of H-pyrrole nitrogens is 1. The van der Waals surface area contributed by atoms with Crippen molar-refractivity contribution in [3.05, 3.63) is 45.8 Å². The number of nitrogens with one attached hydrogen (secondary N) is 1. The fraction of sp³-hybridized carbons (Fsp3) is 0.571. The minimum atomic E-state index is -5.78. The van der Waals surface area contributed by atoms with Gasteiger partial charge in [-0.1, -0.05) is 19.9 Å². The van der Waals surface area contributed by atoms with E-state index in [1.165, 1.54) is 19.9 Å². The molecular formula is C14H23N2O14P3. The van der Waals surface area contributed by atoms with Crippen LogP contribution in [0.4, 0.5) is 0 Å². The highest BCUT2D eigenvalue weighted by molar-refractivity contribution is 7.66. The summed E-state index contributed by atoms with van der Waals surface area (Å²) in [5.74, 6) is 0. The van der Waals surface area contributed by atoms with Gasteiger partial charge in [-0.2, -0.15) is 8.62 Å². The number of ether oxygens (including phenoxy) is 1. The number of aliphatic hydroxyl groups is 1.